The third kappa shape index (κ3) is 2.99. The van der Waals surface area contributed by atoms with Gasteiger partial charge in [-0.15, -0.1) is 0 Å². The smallest absolute Gasteiger partial charge is 0.310 e. The zero-order valence-corrected chi connectivity index (χ0v) is 17.8. The van der Waals surface area contributed by atoms with Gasteiger partial charge in [-0.2, -0.15) is 0 Å². The molecule has 3 nitrogen and oxygen atoms in total. The van der Waals surface area contributed by atoms with Crippen LogP contribution in [-0.2, 0) is 4.65 Å². The van der Waals surface area contributed by atoms with Crippen molar-refractivity contribution in [1.82, 2.24) is 0 Å². The van der Waals surface area contributed by atoms with E-state index in [1.807, 2.05) is 26.0 Å². The number of aliphatic hydroxyl groups is 1. The number of hydrogen-bond donors (Lipinski definition) is 1. The van der Waals surface area contributed by atoms with Gasteiger partial charge >= 0.3 is 7.48 Å². The van der Waals surface area contributed by atoms with E-state index in [0.717, 1.165) is 27.4 Å². The van der Waals surface area contributed by atoms with Crippen LogP contribution in [-0.4, -0.2) is 23.8 Å². The van der Waals surface area contributed by atoms with Crippen LogP contribution in [0.5, 0.6) is 0 Å². The molecule has 0 spiro atoms. The maximum atomic E-state index is 10.4. The van der Waals surface area contributed by atoms with Gasteiger partial charge < -0.3 is 14.2 Å². The van der Waals surface area contributed by atoms with Crippen molar-refractivity contribution in [2.45, 2.75) is 38.9 Å². The molecule has 4 aromatic carbocycles. The lowest BCUT2D eigenvalue weighted by Gasteiger charge is -2.37. The van der Waals surface area contributed by atoms with Crippen molar-refractivity contribution in [2.24, 2.45) is 0 Å². The van der Waals surface area contributed by atoms with E-state index < -0.39 is 11.2 Å². The Morgan fingerprint density at radius 3 is 2.33 bits per heavy atom. The van der Waals surface area contributed by atoms with Gasteiger partial charge in [0.1, 0.15) is 11.2 Å². The highest BCUT2D eigenvalue weighted by atomic mass is 16.5. The Balaban J connectivity index is 1.71. The zero-order valence-electron chi connectivity index (χ0n) is 17.8. The Bertz CT molecular complexity index is 1410. The molecule has 4 heteroatoms. The van der Waals surface area contributed by atoms with E-state index in [9.17, 15) is 5.11 Å². The maximum absolute atomic E-state index is 10.4. The second kappa shape index (κ2) is 6.59. The fourth-order valence-corrected chi connectivity index (χ4v) is 3.95. The van der Waals surface area contributed by atoms with Crippen molar-refractivity contribution in [1.29, 1.82) is 0 Å². The molecular formula is C26H25BO3. The van der Waals surface area contributed by atoms with Crippen molar-refractivity contribution in [3.8, 4) is 0 Å². The summed E-state index contributed by atoms with van der Waals surface area (Å²) >= 11 is 0. The van der Waals surface area contributed by atoms with Gasteiger partial charge in [-0.05, 0) is 72.9 Å². The van der Waals surface area contributed by atoms with Crippen molar-refractivity contribution < 1.29 is 14.2 Å². The minimum atomic E-state index is -0.950. The fraction of sp³-hybridized carbons (Fsp3) is 0.231. The van der Waals surface area contributed by atoms with Crippen LogP contribution in [0.1, 0.15) is 27.7 Å². The van der Waals surface area contributed by atoms with E-state index in [4.69, 9.17) is 9.07 Å². The van der Waals surface area contributed by atoms with Gasteiger partial charge in [-0.25, -0.2) is 0 Å². The zero-order chi connectivity index (χ0) is 21.1. The molecule has 0 bridgehead atoms. The van der Waals surface area contributed by atoms with E-state index in [0.29, 0.717) is 7.48 Å². The van der Waals surface area contributed by atoms with Crippen molar-refractivity contribution in [3.63, 3.8) is 0 Å². The minimum absolute atomic E-state index is 0.399. The van der Waals surface area contributed by atoms with Crippen LogP contribution in [0.15, 0.2) is 71.1 Å². The summed E-state index contributed by atoms with van der Waals surface area (Å²) in [5, 5.41) is 17.5. The quantitative estimate of drug-likeness (QED) is 0.325. The summed E-state index contributed by atoms with van der Waals surface area (Å²) in [5.74, 6) is 0. The third-order valence-corrected chi connectivity index (χ3v) is 6.51. The standard InChI is InChI=1S/C26H25BO3/c1-25(2,28)26(3,4)30-27-21-10-7-11-22-24(21)20-15-19-17(14-23(20)29-22)13-12-16-8-5-6-9-18(16)19/h5-15,27-28H,1-4H3. The van der Waals surface area contributed by atoms with Crippen LogP contribution < -0.4 is 5.46 Å². The summed E-state index contributed by atoms with van der Waals surface area (Å²) in [5.41, 5.74) is 1.16. The number of benzene rings is 4. The summed E-state index contributed by atoms with van der Waals surface area (Å²) < 4.78 is 12.4. The second-order valence-corrected chi connectivity index (χ2v) is 9.11. The lowest BCUT2D eigenvalue weighted by Crippen LogP contribution is -2.49. The van der Waals surface area contributed by atoms with Crippen LogP contribution in [0.3, 0.4) is 0 Å². The molecule has 30 heavy (non-hydrogen) atoms. The van der Waals surface area contributed by atoms with Crippen LogP contribution in [0.2, 0.25) is 0 Å². The molecule has 150 valence electrons. The molecule has 5 rings (SSSR count). The molecule has 0 aliphatic carbocycles. The maximum Gasteiger partial charge on any atom is 0.310 e. The molecule has 1 heterocycles. The highest BCUT2D eigenvalue weighted by molar-refractivity contribution is 6.53. The number of hydrogen-bond acceptors (Lipinski definition) is 3. The Morgan fingerprint density at radius 2 is 1.53 bits per heavy atom. The van der Waals surface area contributed by atoms with Gasteiger partial charge in [0.25, 0.3) is 0 Å². The topological polar surface area (TPSA) is 42.6 Å². The molecular weight excluding hydrogens is 371 g/mol. The highest BCUT2D eigenvalue weighted by Crippen LogP contribution is 2.34. The molecule has 1 aromatic heterocycles. The normalized spacial score (nSPS) is 13.0. The van der Waals surface area contributed by atoms with E-state index in [1.165, 1.54) is 21.5 Å². The van der Waals surface area contributed by atoms with Crippen molar-refractivity contribution in [3.05, 3.63) is 66.7 Å². The average molecular weight is 396 g/mol. The molecule has 0 fully saturated rings. The summed E-state index contributed by atoms with van der Waals surface area (Å²) in [4.78, 5) is 0. The number of fused-ring (bicyclic) bond motifs is 6. The van der Waals surface area contributed by atoms with Gasteiger partial charge in [-0.1, -0.05) is 48.5 Å². The first-order valence-electron chi connectivity index (χ1n) is 10.4. The second-order valence-electron chi connectivity index (χ2n) is 9.11. The van der Waals surface area contributed by atoms with Crippen LogP contribution >= 0.6 is 0 Å². The van der Waals surface area contributed by atoms with Gasteiger partial charge in [0.2, 0.25) is 0 Å². The molecule has 0 amide bonds. The lowest BCUT2D eigenvalue weighted by atomic mass is 9.80. The first-order chi connectivity index (χ1) is 14.2. The van der Waals surface area contributed by atoms with Crippen LogP contribution in [0.4, 0.5) is 0 Å². The van der Waals surface area contributed by atoms with Gasteiger partial charge in [-0.3, -0.25) is 0 Å². The molecule has 0 atom stereocenters. The van der Waals surface area contributed by atoms with Crippen LogP contribution in [0.25, 0.3) is 43.5 Å². The van der Waals surface area contributed by atoms with E-state index in [-0.39, 0.29) is 0 Å². The largest absolute Gasteiger partial charge is 0.456 e. The molecule has 0 saturated heterocycles. The highest BCUT2D eigenvalue weighted by Gasteiger charge is 2.35. The summed E-state index contributed by atoms with van der Waals surface area (Å²) in [6.45, 7) is 7.39. The predicted molar refractivity (Wildman–Crippen MR) is 127 cm³/mol. The monoisotopic (exact) mass is 396 g/mol. The van der Waals surface area contributed by atoms with Gasteiger partial charge in [0.05, 0.1) is 11.2 Å². The van der Waals surface area contributed by atoms with Crippen molar-refractivity contribution >= 4 is 56.4 Å². The number of furan rings is 1. The molecule has 0 aliphatic rings. The molecule has 0 radical (unpaired) electrons. The fourth-order valence-electron chi connectivity index (χ4n) is 3.95. The van der Waals surface area contributed by atoms with Gasteiger partial charge in [0.15, 0.2) is 0 Å². The number of rotatable bonds is 4. The molecule has 0 aliphatic heterocycles. The van der Waals surface area contributed by atoms with E-state index in [1.54, 1.807) is 13.8 Å². The minimum Gasteiger partial charge on any atom is -0.456 e. The van der Waals surface area contributed by atoms with Gasteiger partial charge in [0, 0.05) is 10.8 Å². The van der Waals surface area contributed by atoms with E-state index in [2.05, 4.69) is 54.6 Å². The first-order valence-corrected chi connectivity index (χ1v) is 10.4. The summed E-state index contributed by atoms with van der Waals surface area (Å²) in [6, 6.07) is 23.2. The molecule has 0 unspecified atom stereocenters. The third-order valence-electron chi connectivity index (χ3n) is 6.51. The lowest BCUT2D eigenvalue weighted by molar-refractivity contribution is -0.0893. The van der Waals surface area contributed by atoms with E-state index >= 15 is 0 Å². The first kappa shape index (κ1) is 19.2. The molecule has 0 saturated carbocycles. The summed E-state index contributed by atoms with van der Waals surface area (Å²) in [7, 11) is 0.399. The molecule has 5 aromatic rings. The van der Waals surface area contributed by atoms with Crippen molar-refractivity contribution in [2.75, 3.05) is 0 Å². The van der Waals surface area contributed by atoms with Crippen LogP contribution in [0, 0.1) is 0 Å². The average Bonchev–Trinajstić information content (AvgIpc) is 3.08. The molecule has 1 N–H and O–H groups in total. The Labute approximate surface area is 176 Å². The SMILES string of the molecule is CC(C)(O)C(C)(C)OBc1cccc2oc3cc4ccc5ccccc5c4cc3c12. The Morgan fingerprint density at radius 1 is 0.767 bits per heavy atom. The predicted octanol–water partition coefficient (Wildman–Crippen LogP) is 5.44. The summed E-state index contributed by atoms with van der Waals surface area (Å²) in [6.07, 6.45) is 0. The Kier molecular flexibility index (Phi) is 4.21. The Hall–Kier alpha value is -2.82.